The molecule has 100 valence electrons. The largest absolute Gasteiger partial charge is 0.388 e. The van der Waals surface area contributed by atoms with Crippen molar-refractivity contribution in [3.63, 3.8) is 0 Å². The van der Waals surface area contributed by atoms with E-state index in [1.165, 1.54) is 6.07 Å². The first-order chi connectivity index (χ1) is 8.55. The van der Waals surface area contributed by atoms with E-state index in [0.29, 0.717) is 11.5 Å². The second-order valence-corrected chi connectivity index (χ2v) is 6.09. The number of benzene rings is 1. The van der Waals surface area contributed by atoms with Crippen LogP contribution in [0.4, 0.5) is 4.39 Å². The fraction of sp³-hybridized carbons (Fsp3) is 0.625. The third-order valence-corrected chi connectivity index (χ3v) is 4.19. The molecule has 1 aliphatic rings. The van der Waals surface area contributed by atoms with Gasteiger partial charge in [-0.05, 0) is 31.2 Å². The van der Waals surface area contributed by atoms with E-state index in [0.717, 1.165) is 32.1 Å². The maximum atomic E-state index is 13.8. The SMILES string of the molecule is CC(C)CC1(C(O)c2ccccc2F)CCCC1. The van der Waals surface area contributed by atoms with Crippen LogP contribution in [0.25, 0.3) is 0 Å². The lowest BCUT2D eigenvalue weighted by molar-refractivity contribution is 0.00877. The molecule has 1 saturated carbocycles. The van der Waals surface area contributed by atoms with Crippen molar-refractivity contribution in [2.24, 2.45) is 11.3 Å². The lowest BCUT2D eigenvalue weighted by Gasteiger charge is -2.36. The van der Waals surface area contributed by atoms with E-state index in [1.54, 1.807) is 18.2 Å². The Balaban J connectivity index is 2.29. The molecule has 0 aromatic heterocycles. The molecule has 0 amide bonds. The molecule has 0 bridgehead atoms. The second-order valence-electron chi connectivity index (χ2n) is 6.09. The fourth-order valence-corrected chi connectivity index (χ4v) is 3.51. The van der Waals surface area contributed by atoms with Crippen molar-refractivity contribution in [2.75, 3.05) is 0 Å². The zero-order chi connectivity index (χ0) is 13.2. The summed E-state index contributed by atoms with van der Waals surface area (Å²) < 4.78 is 13.8. The van der Waals surface area contributed by atoms with Gasteiger partial charge in [-0.2, -0.15) is 0 Å². The summed E-state index contributed by atoms with van der Waals surface area (Å²) in [5.41, 5.74) is 0.358. The van der Waals surface area contributed by atoms with Crippen molar-refractivity contribution in [3.8, 4) is 0 Å². The summed E-state index contributed by atoms with van der Waals surface area (Å²) in [5.74, 6) is 0.254. The van der Waals surface area contributed by atoms with Gasteiger partial charge in [0, 0.05) is 11.0 Å². The number of hydrogen-bond acceptors (Lipinski definition) is 1. The van der Waals surface area contributed by atoms with Crippen LogP contribution in [-0.2, 0) is 0 Å². The topological polar surface area (TPSA) is 20.2 Å². The average Bonchev–Trinajstić information content (AvgIpc) is 2.77. The van der Waals surface area contributed by atoms with E-state index in [2.05, 4.69) is 13.8 Å². The summed E-state index contributed by atoms with van der Waals surface area (Å²) in [7, 11) is 0. The van der Waals surface area contributed by atoms with Gasteiger partial charge in [0.2, 0.25) is 0 Å². The van der Waals surface area contributed by atoms with Gasteiger partial charge in [0.25, 0.3) is 0 Å². The third-order valence-electron chi connectivity index (χ3n) is 4.19. The maximum absolute atomic E-state index is 13.8. The van der Waals surface area contributed by atoms with Gasteiger partial charge in [-0.15, -0.1) is 0 Å². The van der Waals surface area contributed by atoms with Gasteiger partial charge in [0.15, 0.2) is 0 Å². The van der Waals surface area contributed by atoms with Gasteiger partial charge in [-0.1, -0.05) is 44.9 Å². The summed E-state index contributed by atoms with van der Waals surface area (Å²) in [5, 5.41) is 10.7. The van der Waals surface area contributed by atoms with E-state index in [-0.39, 0.29) is 11.2 Å². The van der Waals surface area contributed by atoms with E-state index < -0.39 is 6.10 Å². The predicted octanol–water partition coefficient (Wildman–Crippen LogP) is 4.47. The monoisotopic (exact) mass is 250 g/mol. The molecule has 18 heavy (non-hydrogen) atoms. The summed E-state index contributed by atoms with van der Waals surface area (Å²) in [4.78, 5) is 0. The maximum Gasteiger partial charge on any atom is 0.129 e. The molecule has 0 saturated heterocycles. The Hall–Kier alpha value is -0.890. The third kappa shape index (κ3) is 2.59. The average molecular weight is 250 g/mol. The minimum absolute atomic E-state index is 0.115. The number of aliphatic hydroxyl groups is 1. The highest BCUT2D eigenvalue weighted by molar-refractivity contribution is 5.22. The normalized spacial score (nSPS) is 20.3. The lowest BCUT2D eigenvalue weighted by atomic mass is 9.72. The molecule has 0 aliphatic heterocycles. The number of aliphatic hydroxyl groups excluding tert-OH is 1. The highest BCUT2D eigenvalue weighted by Gasteiger charge is 2.42. The summed E-state index contributed by atoms with van der Waals surface area (Å²) in [6.07, 6.45) is 4.64. The Kier molecular flexibility index (Phi) is 4.06. The van der Waals surface area contributed by atoms with Crippen LogP contribution in [0.15, 0.2) is 24.3 Å². The highest BCUT2D eigenvalue weighted by atomic mass is 19.1. The van der Waals surface area contributed by atoms with Gasteiger partial charge in [0.05, 0.1) is 6.10 Å². The van der Waals surface area contributed by atoms with Gasteiger partial charge in [0.1, 0.15) is 5.82 Å². The number of hydrogen-bond donors (Lipinski definition) is 1. The Labute approximate surface area is 109 Å². The predicted molar refractivity (Wildman–Crippen MR) is 71.7 cm³/mol. The van der Waals surface area contributed by atoms with Crippen LogP contribution in [0.3, 0.4) is 0 Å². The minimum Gasteiger partial charge on any atom is -0.388 e. The standard InChI is InChI=1S/C16H23FO/c1-12(2)11-16(9-5-6-10-16)15(18)13-7-3-4-8-14(13)17/h3-4,7-8,12,15,18H,5-6,9-11H2,1-2H3. The fourth-order valence-electron chi connectivity index (χ4n) is 3.51. The van der Waals surface area contributed by atoms with Crippen LogP contribution < -0.4 is 0 Å². The Morgan fingerprint density at radius 3 is 2.39 bits per heavy atom. The molecule has 2 rings (SSSR count). The molecule has 0 radical (unpaired) electrons. The quantitative estimate of drug-likeness (QED) is 0.836. The molecular weight excluding hydrogens is 227 g/mol. The molecule has 1 fully saturated rings. The van der Waals surface area contributed by atoms with Crippen LogP contribution in [0.1, 0.15) is 57.6 Å². The lowest BCUT2D eigenvalue weighted by Crippen LogP contribution is -2.28. The van der Waals surface area contributed by atoms with Crippen molar-refractivity contribution < 1.29 is 9.50 Å². The van der Waals surface area contributed by atoms with Crippen LogP contribution in [0.2, 0.25) is 0 Å². The molecule has 1 N–H and O–H groups in total. The van der Waals surface area contributed by atoms with E-state index in [1.807, 2.05) is 0 Å². The van der Waals surface area contributed by atoms with E-state index in [9.17, 15) is 9.50 Å². The van der Waals surface area contributed by atoms with Crippen molar-refractivity contribution in [3.05, 3.63) is 35.6 Å². The Bertz CT molecular complexity index is 394. The van der Waals surface area contributed by atoms with Gasteiger partial charge >= 0.3 is 0 Å². The first-order valence-corrected chi connectivity index (χ1v) is 6.98. The molecule has 1 unspecified atom stereocenters. The van der Waals surface area contributed by atoms with E-state index >= 15 is 0 Å². The molecule has 1 atom stereocenters. The van der Waals surface area contributed by atoms with Crippen molar-refractivity contribution in [1.29, 1.82) is 0 Å². The summed E-state index contributed by atoms with van der Waals surface area (Å²) in [6.45, 7) is 4.35. The van der Waals surface area contributed by atoms with Crippen LogP contribution in [-0.4, -0.2) is 5.11 Å². The van der Waals surface area contributed by atoms with Gasteiger partial charge < -0.3 is 5.11 Å². The van der Waals surface area contributed by atoms with Crippen LogP contribution in [0, 0.1) is 17.2 Å². The first kappa shape index (κ1) is 13.5. The summed E-state index contributed by atoms with van der Waals surface area (Å²) in [6, 6.07) is 6.64. The minimum atomic E-state index is -0.663. The summed E-state index contributed by atoms with van der Waals surface area (Å²) >= 11 is 0. The Morgan fingerprint density at radius 1 is 1.22 bits per heavy atom. The smallest absolute Gasteiger partial charge is 0.129 e. The molecule has 1 aromatic rings. The highest BCUT2D eigenvalue weighted by Crippen LogP contribution is 2.51. The first-order valence-electron chi connectivity index (χ1n) is 6.98. The van der Waals surface area contributed by atoms with E-state index in [4.69, 9.17) is 0 Å². The molecule has 1 nitrogen and oxygen atoms in total. The van der Waals surface area contributed by atoms with Crippen LogP contribution in [0.5, 0.6) is 0 Å². The van der Waals surface area contributed by atoms with Crippen molar-refractivity contribution >= 4 is 0 Å². The number of rotatable bonds is 4. The molecule has 0 heterocycles. The second kappa shape index (κ2) is 5.40. The molecule has 0 spiro atoms. The molecule has 1 aliphatic carbocycles. The zero-order valence-corrected chi connectivity index (χ0v) is 11.3. The van der Waals surface area contributed by atoms with Crippen molar-refractivity contribution in [1.82, 2.24) is 0 Å². The van der Waals surface area contributed by atoms with Gasteiger partial charge in [-0.25, -0.2) is 4.39 Å². The Morgan fingerprint density at radius 2 is 1.83 bits per heavy atom. The number of halogens is 1. The van der Waals surface area contributed by atoms with Crippen LogP contribution >= 0.6 is 0 Å². The van der Waals surface area contributed by atoms with Gasteiger partial charge in [-0.3, -0.25) is 0 Å². The zero-order valence-electron chi connectivity index (χ0n) is 11.3. The molecular formula is C16H23FO. The molecule has 1 aromatic carbocycles. The van der Waals surface area contributed by atoms with Crippen molar-refractivity contribution in [2.45, 2.75) is 52.1 Å². The molecule has 2 heteroatoms.